The molecule has 1 amide bonds. The Morgan fingerprint density at radius 3 is 1.45 bits per heavy atom. The molecule has 0 rings (SSSR count). The molecule has 0 saturated carbocycles. The minimum absolute atomic E-state index is 0.381. The Morgan fingerprint density at radius 2 is 0.955 bits per heavy atom. The van der Waals surface area contributed by atoms with E-state index < -0.39 is 24.2 Å². The fraction of sp³-hybridized carbons (Fsp3) is 0.821. The first kappa shape index (κ1) is 42.6. The number of carbonyl (C=O) groups is 1. The lowest BCUT2D eigenvalue weighted by Gasteiger charge is -2.21. The summed E-state index contributed by atoms with van der Waals surface area (Å²) in [6.07, 6.45) is 41.8. The van der Waals surface area contributed by atoms with Crippen LogP contribution in [0, 0.1) is 0 Å². The number of allylic oxidation sites excluding steroid dienone is 5. The first-order chi connectivity index (χ1) is 21.6. The van der Waals surface area contributed by atoms with Crippen molar-refractivity contribution in [3.63, 3.8) is 0 Å². The van der Waals surface area contributed by atoms with Gasteiger partial charge in [-0.05, 0) is 51.4 Å². The van der Waals surface area contributed by atoms with E-state index in [0.29, 0.717) is 6.42 Å². The summed E-state index contributed by atoms with van der Waals surface area (Å²) in [5.74, 6) is -0.530. The van der Waals surface area contributed by atoms with Crippen molar-refractivity contribution in [2.24, 2.45) is 0 Å². The smallest absolute Gasteiger partial charge is 0.249 e. The quantitative estimate of drug-likeness (QED) is 0.0435. The number of aliphatic hydroxyl groups is 3. The summed E-state index contributed by atoms with van der Waals surface area (Å²) < 4.78 is 0. The molecule has 0 aliphatic rings. The van der Waals surface area contributed by atoms with Crippen molar-refractivity contribution in [2.75, 3.05) is 6.61 Å². The number of hydrogen-bond donors (Lipinski definition) is 4. The molecule has 0 radical (unpaired) electrons. The molecule has 0 aromatic carbocycles. The highest BCUT2D eigenvalue weighted by molar-refractivity contribution is 5.80. The Balaban J connectivity index is 3.74. The van der Waals surface area contributed by atoms with Gasteiger partial charge in [0.15, 0.2) is 0 Å². The van der Waals surface area contributed by atoms with Crippen LogP contribution >= 0.6 is 0 Å². The molecule has 258 valence electrons. The summed E-state index contributed by atoms with van der Waals surface area (Å²) in [5.41, 5.74) is 0. The van der Waals surface area contributed by atoms with Crippen molar-refractivity contribution in [2.45, 2.75) is 199 Å². The van der Waals surface area contributed by atoms with Crippen LogP contribution in [-0.2, 0) is 4.79 Å². The first-order valence-electron chi connectivity index (χ1n) is 18.8. The molecule has 5 heteroatoms. The zero-order valence-corrected chi connectivity index (χ0v) is 29.0. The van der Waals surface area contributed by atoms with Crippen LogP contribution in [0.5, 0.6) is 0 Å². The van der Waals surface area contributed by atoms with E-state index in [0.717, 1.165) is 51.4 Å². The van der Waals surface area contributed by atoms with Crippen LogP contribution in [0.25, 0.3) is 0 Å². The zero-order valence-electron chi connectivity index (χ0n) is 29.0. The SMILES string of the molecule is CCCC/C=C\CCCCCC(O)C(=O)NC(CO)C(O)/C=C/CC/C=C/CCCCCCCCCCCCCCCCC. The second kappa shape index (κ2) is 34.4. The van der Waals surface area contributed by atoms with Gasteiger partial charge in [0.1, 0.15) is 6.10 Å². The van der Waals surface area contributed by atoms with Crippen LogP contribution in [0.1, 0.15) is 181 Å². The van der Waals surface area contributed by atoms with Gasteiger partial charge >= 0.3 is 0 Å². The Bertz CT molecular complexity index is 690. The van der Waals surface area contributed by atoms with Gasteiger partial charge in [-0.25, -0.2) is 0 Å². The molecule has 0 saturated heterocycles. The van der Waals surface area contributed by atoms with Crippen LogP contribution in [0.3, 0.4) is 0 Å². The summed E-state index contributed by atoms with van der Waals surface area (Å²) in [4.78, 5) is 12.3. The molecule has 3 unspecified atom stereocenters. The predicted molar refractivity (Wildman–Crippen MR) is 190 cm³/mol. The number of amides is 1. The van der Waals surface area contributed by atoms with Crippen LogP contribution in [0.15, 0.2) is 36.5 Å². The molecule has 44 heavy (non-hydrogen) atoms. The first-order valence-corrected chi connectivity index (χ1v) is 18.8. The standard InChI is InChI=1S/C39H73NO4/c1-3-5-7-9-11-13-14-15-16-17-18-19-20-21-22-23-24-26-27-29-31-33-37(42)36(35-41)40-39(44)38(43)34-32-30-28-25-12-10-8-6-4-2/h10,12,24,26,31,33,36-38,41-43H,3-9,11,13-23,25,27-30,32,34-35H2,1-2H3,(H,40,44)/b12-10-,26-24+,33-31+. The van der Waals surface area contributed by atoms with E-state index in [1.807, 2.05) is 6.08 Å². The second-order valence-electron chi connectivity index (χ2n) is 12.8. The average molecular weight is 620 g/mol. The second-order valence-corrected chi connectivity index (χ2v) is 12.8. The van der Waals surface area contributed by atoms with E-state index in [2.05, 4.69) is 43.5 Å². The fourth-order valence-corrected chi connectivity index (χ4v) is 5.41. The lowest BCUT2D eigenvalue weighted by molar-refractivity contribution is -0.131. The molecular weight excluding hydrogens is 546 g/mol. The predicted octanol–water partition coefficient (Wildman–Crippen LogP) is 10.0. The minimum Gasteiger partial charge on any atom is -0.394 e. The van der Waals surface area contributed by atoms with Crippen LogP contribution in [0.4, 0.5) is 0 Å². The van der Waals surface area contributed by atoms with Crippen molar-refractivity contribution < 1.29 is 20.1 Å². The lowest BCUT2D eigenvalue weighted by atomic mass is 10.0. The van der Waals surface area contributed by atoms with E-state index >= 15 is 0 Å². The summed E-state index contributed by atoms with van der Waals surface area (Å²) in [7, 11) is 0. The van der Waals surface area contributed by atoms with Crippen LogP contribution in [0.2, 0.25) is 0 Å². The molecule has 0 aliphatic heterocycles. The highest BCUT2D eigenvalue weighted by Crippen LogP contribution is 2.14. The van der Waals surface area contributed by atoms with Crippen molar-refractivity contribution >= 4 is 5.91 Å². The van der Waals surface area contributed by atoms with Crippen molar-refractivity contribution in [1.82, 2.24) is 5.32 Å². The van der Waals surface area contributed by atoms with Crippen LogP contribution in [-0.4, -0.2) is 46.1 Å². The van der Waals surface area contributed by atoms with Gasteiger partial charge in [-0.2, -0.15) is 0 Å². The topological polar surface area (TPSA) is 89.8 Å². The molecule has 0 aliphatic carbocycles. The van der Waals surface area contributed by atoms with E-state index in [-0.39, 0.29) is 6.61 Å². The number of rotatable bonds is 33. The van der Waals surface area contributed by atoms with Gasteiger partial charge in [0.05, 0.1) is 18.8 Å². The number of unbranched alkanes of at least 4 members (excludes halogenated alkanes) is 21. The third kappa shape index (κ3) is 29.3. The molecule has 0 bridgehead atoms. The Morgan fingerprint density at radius 1 is 0.545 bits per heavy atom. The van der Waals surface area contributed by atoms with Crippen molar-refractivity contribution in [3.8, 4) is 0 Å². The number of carbonyl (C=O) groups excluding carboxylic acids is 1. The number of nitrogens with one attached hydrogen (secondary N) is 1. The van der Waals surface area contributed by atoms with Crippen molar-refractivity contribution in [3.05, 3.63) is 36.5 Å². The largest absolute Gasteiger partial charge is 0.394 e. The maximum atomic E-state index is 12.3. The van der Waals surface area contributed by atoms with Crippen LogP contribution < -0.4 is 5.32 Å². The van der Waals surface area contributed by atoms with E-state index in [4.69, 9.17) is 0 Å². The maximum absolute atomic E-state index is 12.3. The van der Waals surface area contributed by atoms with Gasteiger partial charge < -0.3 is 20.6 Å². The normalized spacial score (nSPS) is 14.2. The zero-order chi connectivity index (χ0) is 32.4. The van der Waals surface area contributed by atoms with Gasteiger partial charge in [0.2, 0.25) is 5.91 Å². The highest BCUT2D eigenvalue weighted by Gasteiger charge is 2.22. The van der Waals surface area contributed by atoms with E-state index in [9.17, 15) is 20.1 Å². The fourth-order valence-electron chi connectivity index (χ4n) is 5.41. The third-order valence-electron chi connectivity index (χ3n) is 8.45. The van der Waals surface area contributed by atoms with Gasteiger partial charge in [0, 0.05) is 0 Å². The lowest BCUT2D eigenvalue weighted by Crippen LogP contribution is -2.48. The molecule has 0 fully saturated rings. The number of aliphatic hydroxyl groups excluding tert-OH is 3. The summed E-state index contributed by atoms with van der Waals surface area (Å²) in [5, 5.41) is 32.8. The molecule has 0 aromatic rings. The van der Waals surface area contributed by atoms with Crippen molar-refractivity contribution in [1.29, 1.82) is 0 Å². The van der Waals surface area contributed by atoms with Gasteiger partial charge in [-0.15, -0.1) is 0 Å². The molecule has 3 atom stereocenters. The molecule has 5 nitrogen and oxygen atoms in total. The van der Waals surface area contributed by atoms with Gasteiger partial charge in [-0.3, -0.25) is 4.79 Å². The molecular formula is C39H73NO4. The maximum Gasteiger partial charge on any atom is 0.249 e. The Kier molecular flexibility index (Phi) is 33.3. The Labute approximate surface area is 273 Å². The molecule has 0 aromatic heterocycles. The van der Waals surface area contributed by atoms with Gasteiger partial charge in [-0.1, -0.05) is 166 Å². The van der Waals surface area contributed by atoms with E-state index in [1.54, 1.807) is 6.08 Å². The average Bonchev–Trinajstić information content (AvgIpc) is 3.03. The number of hydrogen-bond acceptors (Lipinski definition) is 4. The summed E-state index contributed by atoms with van der Waals surface area (Å²) in [6, 6.07) is -0.817. The van der Waals surface area contributed by atoms with Gasteiger partial charge in [0.25, 0.3) is 0 Å². The minimum atomic E-state index is -1.12. The molecule has 0 heterocycles. The Hall–Kier alpha value is -1.43. The summed E-state index contributed by atoms with van der Waals surface area (Å²) in [6.45, 7) is 4.09. The molecule has 0 spiro atoms. The van der Waals surface area contributed by atoms with E-state index in [1.165, 1.54) is 109 Å². The molecule has 4 N–H and O–H groups in total. The third-order valence-corrected chi connectivity index (χ3v) is 8.45. The highest BCUT2D eigenvalue weighted by atomic mass is 16.3. The summed E-state index contributed by atoms with van der Waals surface area (Å²) >= 11 is 0. The monoisotopic (exact) mass is 620 g/mol.